The lowest BCUT2D eigenvalue weighted by Gasteiger charge is -2.30. The summed E-state index contributed by atoms with van der Waals surface area (Å²) in [4.78, 5) is 29.2. The molecule has 0 radical (unpaired) electrons. The van der Waals surface area contributed by atoms with Crippen LogP contribution in [0.5, 0.6) is 0 Å². The highest BCUT2D eigenvalue weighted by molar-refractivity contribution is 5.99. The van der Waals surface area contributed by atoms with Gasteiger partial charge in [0.15, 0.2) is 0 Å². The van der Waals surface area contributed by atoms with Crippen molar-refractivity contribution in [1.29, 1.82) is 0 Å². The van der Waals surface area contributed by atoms with E-state index in [1.807, 2.05) is 36.1 Å². The van der Waals surface area contributed by atoms with Crippen LogP contribution in [0.3, 0.4) is 0 Å². The van der Waals surface area contributed by atoms with Crippen molar-refractivity contribution in [3.8, 4) is 0 Å². The second kappa shape index (κ2) is 8.32. The largest absolute Gasteiger partial charge is 0.341 e. The lowest BCUT2D eigenvalue weighted by Crippen LogP contribution is -2.45. The molecule has 2 aliphatic rings. The monoisotopic (exact) mass is 340 g/mol. The molecule has 1 aromatic rings. The minimum atomic E-state index is 0.0470. The van der Waals surface area contributed by atoms with Crippen molar-refractivity contribution in [2.75, 3.05) is 24.5 Å². The number of nitrogens with zero attached hydrogens (tertiary/aromatic N) is 2. The van der Waals surface area contributed by atoms with Crippen molar-refractivity contribution < 1.29 is 9.59 Å². The molecule has 0 bridgehead atoms. The summed E-state index contributed by atoms with van der Waals surface area (Å²) in [5.41, 5.74) is 1.97. The number of likely N-dealkylation sites (tertiary alicyclic amines) is 1. The van der Waals surface area contributed by atoms with Gasteiger partial charge in [-0.15, -0.1) is 0 Å². The first-order valence-electron chi connectivity index (χ1n) is 9.45. The van der Waals surface area contributed by atoms with Crippen LogP contribution in [-0.2, 0) is 9.59 Å². The van der Waals surface area contributed by atoms with Crippen molar-refractivity contribution in [2.24, 2.45) is 5.92 Å². The third kappa shape index (κ3) is 4.71. The highest BCUT2D eigenvalue weighted by atomic mass is 16.2. The first-order chi connectivity index (χ1) is 12.1. The van der Waals surface area contributed by atoms with Gasteiger partial charge >= 0.3 is 0 Å². The molecule has 1 fully saturated rings. The molecule has 134 valence electrons. The SMILES string of the molecule is Cc1ccc(N(CC(=O)N2CCCCC2)C(=O)CC2C=CCC2)cc1. The van der Waals surface area contributed by atoms with Crippen LogP contribution in [0.2, 0.25) is 0 Å². The molecule has 1 unspecified atom stereocenters. The summed E-state index contributed by atoms with van der Waals surface area (Å²) < 4.78 is 0. The Kier molecular flexibility index (Phi) is 5.90. The van der Waals surface area contributed by atoms with Crippen LogP contribution in [0, 0.1) is 12.8 Å². The number of benzene rings is 1. The number of anilines is 1. The quantitative estimate of drug-likeness (QED) is 0.767. The van der Waals surface area contributed by atoms with Gasteiger partial charge in [-0.1, -0.05) is 29.8 Å². The smallest absolute Gasteiger partial charge is 0.242 e. The van der Waals surface area contributed by atoms with Crippen molar-refractivity contribution >= 4 is 17.5 Å². The molecular weight excluding hydrogens is 312 g/mol. The third-order valence-corrected chi connectivity index (χ3v) is 5.20. The molecule has 4 heteroatoms. The molecule has 25 heavy (non-hydrogen) atoms. The van der Waals surface area contributed by atoms with Crippen molar-refractivity contribution in [3.63, 3.8) is 0 Å². The Bertz CT molecular complexity index is 630. The first kappa shape index (κ1) is 17.7. The Morgan fingerprint density at radius 1 is 1.12 bits per heavy atom. The van der Waals surface area contributed by atoms with E-state index in [4.69, 9.17) is 0 Å². The zero-order valence-corrected chi connectivity index (χ0v) is 15.1. The van der Waals surface area contributed by atoms with E-state index in [1.54, 1.807) is 4.90 Å². The molecule has 1 aliphatic heterocycles. The third-order valence-electron chi connectivity index (χ3n) is 5.20. The van der Waals surface area contributed by atoms with Crippen LogP contribution < -0.4 is 4.90 Å². The molecule has 0 spiro atoms. The minimum absolute atomic E-state index is 0.0470. The van der Waals surface area contributed by atoms with E-state index >= 15 is 0 Å². The van der Waals surface area contributed by atoms with E-state index in [0.29, 0.717) is 12.3 Å². The van der Waals surface area contributed by atoms with E-state index in [-0.39, 0.29) is 18.4 Å². The van der Waals surface area contributed by atoms with Gasteiger partial charge in [-0.2, -0.15) is 0 Å². The molecule has 1 aromatic carbocycles. The van der Waals surface area contributed by atoms with Crippen LogP contribution in [0.4, 0.5) is 5.69 Å². The Morgan fingerprint density at radius 2 is 1.84 bits per heavy atom. The van der Waals surface area contributed by atoms with Gasteiger partial charge in [-0.25, -0.2) is 0 Å². The molecule has 4 nitrogen and oxygen atoms in total. The van der Waals surface area contributed by atoms with E-state index in [2.05, 4.69) is 12.2 Å². The molecule has 0 aromatic heterocycles. The Hall–Kier alpha value is -2.10. The van der Waals surface area contributed by atoms with Gasteiger partial charge in [0.25, 0.3) is 0 Å². The number of allylic oxidation sites excluding steroid dienone is 2. The molecule has 3 rings (SSSR count). The lowest BCUT2D eigenvalue weighted by molar-refractivity contribution is -0.132. The highest BCUT2D eigenvalue weighted by Gasteiger charge is 2.25. The van der Waals surface area contributed by atoms with Gasteiger partial charge in [0.1, 0.15) is 6.54 Å². The summed E-state index contributed by atoms with van der Waals surface area (Å²) in [6, 6.07) is 7.88. The number of carbonyl (C=O) groups excluding carboxylic acids is 2. The number of rotatable bonds is 5. The average Bonchev–Trinajstić information content (AvgIpc) is 3.14. The van der Waals surface area contributed by atoms with E-state index in [1.165, 1.54) is 6.42 Å². The Balaban J connectivity index is 1.73. The Labute approximate surface area is 150 Å². The van der Waals surface area contributed by atoms with Gasteiger partial charge in [-0.05, 0) is 57.1 Å². The summed E-state index contributed by atoms with van der Waals surface area (Å²) in [6.45, 7) is 3.82. The summed E-state index contributed by atoms with van der Waals surface area (Å²) >= 11 is 0. The van der Waals surface area contributed by atoms with Gasteiger partial charge in [0.05, 0.1) is 0 Å². The van der Waals surface area contributed by atoms with Crippen LogP contribution in [-0.4, -0.2) is 36.3 Å². The molecule has 1 saturated heterocycles. The Morgan fingerprint density at radius 3 is 2.48 bits per heavy atom. The second-order valence-electron chi connectivity index (χ2n) is 7.23. The predicted octanol–water partition coefficient (Wildman–Crippen LogP) is 3.70. The number of hydrogen-bond donors (Lipinski definition) is 0. The first-order valence-corrected chi connectivity index (χ1v) is 9.45. The molecule has 0 N–H and O–H groups in total. The van der Waals surface area contributed by atoms with Crippen LogP contribution >= 0.6 is 0 Å². The molecule has 0 saturated carbocycles. The van der Waals surface area contributed by atoms with Crippen LogP contribution in [0.25, 0.3) is 0 Å². The number of aryl methyl sites for hydroxylation is 1. The molecule has 1 aliphatic carbocycles. The van der Waals surface area contributed by atoms with Crippen LogP contribution in [0.1, 0.15) is 44.1 Å². The van der Waals surface area contributed by atoms with E-state index in [0.717, 1.165) is 50.0 Å². The molecule has 1 heterocycles. The fourth-order valence-corrected chi connectivity index (χ4v) is 3.63. The second-order valence-corrected chi connectivity index (χ2v) is 7.23. The fraction of sp³-hybridized carbons (Fsp3) is 0.524. The van der Waals surface area contributed by atoms with Crippen molar-refractivity contribution in [2.45, 2.75) is 45.4 Å². The highest BCUT2D eigenvalue weighted by Crippen LogP contribution is 2.24. The lowest BCUT2D eigenvalue weighted by atomic mass is 10.0. The zero-order valence-electron chi connectivity index (χ0n) is 15.1. The zero-order chi connectivity index (χ0) is 17.6. The number of carbonyl (C=O) groups is 2. The number of piperidine rings is 1. The van der Waals surface area contributed by atoms with Crippen molar-refractivity contribution in [1.82, 2.24) is 4.90 Å². The maximum Gasteiger partial charge on any atom is 0.242 e. The normalized spacial score (nSPS) is 19.9. The fourth-order valence-electron chi connectivity index (χ4n) is 3.63. The van der Waals surface area contributed by atoms with E-state index < -0.39 is 0 Å². The summed E-state index contributed by atoms with van der Waals surface area (Å²) in [6.07, 6.45) is 10.2. The van der Waals surface area contributed by atoms with Crippen LogP contribution in [0.15, 0.2) is 36.4 Å². The maximum atomic E-state index is 12.9. The van der Waals surface area contributed by atoms with E-state index in [9.17, 15) is 9.59 Å². The maximum absolute atomic E-state index is 12.9. The van der Waals surface area contributed by atoms with Gasteiger partial charge in [-0.3, -0.25) is 9.59 Å². The topological polar surface area (TPSA) is 40.6 Å². The van der Waals surface area contributed by atoms with Gasteiger partial charge < -0.3 is 9.80 Å². The standard InChI is InChI=1S/C21H28N2O2/c1-17-9-11-19(12-10-17)23(20(24)15-18-7-3-4-8-18)16-21(25)22-13-5-2-6-14-22/h3,7,9-12,18H,2,4-6,8,13-16H2,1H3. The van der Waals surface area contributed by atoms with Gasteiger partial charge in [0, 0.05) is 25.2 Å². The summed E-state index contributed by atoms with van der Waals surface area (Å²) in [5.74, 6) is 0.423. The number of hydrogen-bond acceptors (Lipinski definition) is 2. The molecule has 1 atom stereocenters. The molecule has 2 amide bonds. The summed E-state index contributed by atoms with van der Waals surface area (Å²) in [5, 5.41) is 0. The van der Waals surface area contributed by atoms with Gasteiger partial charge in [0.2, 0.25) is 11.8 Å². The molecular formula is C21H28N2O2. The average molecular weight is 340 g/mol. The summed E-state index contributed by atoms with van der Waals surface area (Å²) in [7, 11) is 0. The van der Waals surface area contributed by atoms with Crippen molar-refractivity contribution in [3.05, 3.63) is 42.0 Å². The minimum Gasteiger partial charge on any atom is -0.341 e. The predicted molar refractivity (Wildman–Crippen MR) is 100 cm³/mol. The number of amides is 2.